The normalized spacial score (nSPS) is 25.4. The first-order valence-electron chi connectivity index (χ1n) is 5.68. The van der Waals surface area contributed by atoms with Crippen LogP contribution in [0.2, 0.25) is 0 Å². The molecule has 1 heterocycles. The molecule has 1 aromatic heterocycles. The quantitative estimate of drug-likeness (QED) is 0.794. The van der Waals surface area contributed by atoms with Crippen molar-refractivity contribution < 1.29 is 14.3 Å². The van der Waals surface area contributed by atoms with Crippen LogP contribution in [0.1, 0.15) is 36.2 Å². The number of nitrogens with zero attached hydrogens (tertiary/aromatic N) is 1. The molecule has 0 spiro atoms. The van der Waals surface area contributed by atoms with E-state index in [1.54, 1.807) is 12.1 Å². The van der Waals surface area contributed by atoms with Crippen molar-refractivity contribution in [3.63, 3.8) is 0 Å². The van der Waals surface area contributed by atoms with E-state index in [0.717, 1.165) is 25.7 Å². The second-order valence-corrected chi connectivity index (χ2v) is 4.32. The van der Waals surface area contributed by atoms with Crippen LogP contribution in [-0.4, -0.2) is 30.6 Å². The van der Waals surface area contributed by atoms with E-state index in [0.29, 0.717) is 17.9 Å². The topological polar surface area (TPSA) is 53.7 Å². The molecule has 16 heavy (non-hydrogen) atoms. The Morgan fingerprint density at radius 3 is 2.81 bits per heavy atom. The minimum Gasteiger partial charge on any atom is -0.438 e. The van der Waals surface area contributed by atoms with E-state index in [2.05, 4.69) is 0 Å². The number of hydrogen-bond donors (Lipinski definition) is 1. The number of aldehydes is 1. The molecular weight excluding hydrogens is 206 g/mol. The molecule has 0 bridgehead atoms. The summed E-state index contributed by atoms with van der Waals surface area (Å²) in [5.41, 5.74) is 0. The van der Waals surface area contributed by atoms with Gasteiger partial charge in [-0.15, -0.1) is 0 Å². The summed E-state index contributed by atoms with van der Waals surface area (Å²) in [5, 5.41) is 9.91. The fourth-order valence-corrected chi connectivity index (χ4v) is 2.30. The molecule has 0 radical (unpaired) electrons. The summed E-state index contributed by atoms with van der Waals surface area (Å²) in [6.45, 7) is 0. The SMILES string of the molecule is CN(c1ccc(C=O)o1)C1CCCCC1O. The minimum absolute atomic E-state index is 0.0967. The highest BCUT2D eigenvalue weighted by Crippen LogP contribution is 2.27. The number of furan rings is 1. The second kappa shape index (κ2) is 4.70. The lowest BCUT2D eigenvalue weighted by Crippen LogP contribution is -2.43. The Morgan fingerprint density at radius 1 is 1.44 bits per heavy atom. The van der Waals surface area contributed by atoms with E-state index >= 15 is 0 Å². The van der Waals surface area contributed by atoms with Gasteiger partial charge in [-0.1, -0.05) is 12.8 Å². The van der Waals surface area contributed by atoms with Gasteiger partial charge in [-0.2, -0.15) is 0 Å². The number of anilines is 1. The average Bonchev–Trinajstić information content (AvgIpc) is 2.77. The maximum absolute atomic E-state index is 10.5. The van der Waals surface area contributed by atoms with Crippen LogP contribution in [0.3, 0.4) is 0 Å². The number of carbonyl (C=O) groups is 1. The Bertz CT molecular complexity index is 361. The van der Waals surface area contributed by atoms with Crippen molar-refractivity contribution in [1.29, 1.82) is 0 Å². The molecule has 2 unspecified atom stereocenters. The maximum Gasteiger partial charge on any atom is 0.196 e. The fraction of sp³-hybridized carbons (Fsp3) is 0.583. The summed E-state index contributed by atoms with van der Waals surface area (Å²) < 4.78 is 5.34. The average molecular weight is 223 g/mol. The predicted molar refractivity (Wildman–Crippen MR) is 60.8 cm³/mol. The molecule has 1 saturated carbocycles. The molecule has 1 aliphatic rings. The second-order valence-electron chi connectivity index (χ2n) is 4.32. The Kier molecular flexibility index (Phi) is 3.29. The van der Waals surface area contributed by atoms with Gasteiger partial charge < -0.3 is 14.4 Å². The van der Waals surface area contributed by atoms with E-state index in [-0.39, 0.29) is 12.1 Å². The molecule has 1 aromatic rings. The number of aliphatic hydroxyl groups excluding tert-OH is 1. The fourth-order valence-electron chi connectivity index (χ4n) is 2.30. The number of carbonyl (C=O) groups excluding carboxylic acids is 1. The van der Waals surface area contributed by atoms with Gasteiger partial charge in [0.25, 0.3) is 0 Å². The maximum atomic E-state index is 10.5. The molecule has 0 aromatic carbocycles. The van der Waals surface area contributed by atoms with Gasteiger partial charge in [-0.05, 0) is 18.9 Å². The largest absolute Gasteiger partial charge is 0.438 e. The molecule has 4 heteroatoms. The molecule has 88 valence electrons. The van der Waals surface area contributed by atoms with Crippen molar-refractivity contribution >= 4 is 12.2 Å². The number of rotatable bonds is 3. The standard InChI is InChI=1S/C12H17NO3/c1-13(10-4-2-3-5-11(10)15)12-7-6-9(8-14)16-12/h6-8,10-11,15H,2-5H2,1H3. The molecule has 1 N–H and O–H groups in total. The van der Waals surface area contributed by atoms with Crippen LogP contribution in [0.25, 0.3) is 0 Å². The number of hydrogen-bond acceptors (Lipinski definition) is 4. The lowest BCUT2D eigenvalue weighted by atomic mass is 9.92. The van der Waals surface area contributed by atoms with E-state index in [1.165, 1.54) is 0 Å². The molecule has 0 aliphatic heterocycles. The van der Waals surface area contributed by atoms with Crippen LogP contribution in [-0.2, 0) is 0 Å². The summed E-state index contributed by atoms with van der Waals surface area (Å²) in [5.74, 6) is 0.972. The zero-order valence-electron chi connectivity index (χ0n) is 9.43. The Labute approximate surface area is 94.9 Å². The first kappa shape index (κ1) is 11.2. The highest BCUT2D eigenvalue weighted by Gasteiger charge is 2.28. The summed E-state index contributed by atoms with van der Waals surface area (Å²) in [4.78, 5) is 12.4. The van der Waals surface area contributed by atoms with Crippen LogP contribution in [0.5, 0.6) is 0 Å². The monoisotopic (exact) mass is 223 g/mol. The third kappa shape index (κ3) is 2.11. The highest BCUT2D eigenvalue weighted by molar-refractivity contribution is 5.71. The summed E-state index contributed by atoms with van der Waals surface area (Å²) >= 11 is 0. The van der Waals surface area contributed by atoms with Gasteiger partial charge >= 0.3 is 0 Å². The summed E-state index contributed by atoms with van der Waals surface area (Å²) in [6.07, 6.45) is 4.42. The minimum atomic E-state index is -0.302. The Balaban J connectivity index is 2.10. The molecule has 1 aliphatic carbocycles. The van der Waals surface area contributed by atoms with E-state index in [1.807, 2.05) is 11.9 Å². The summed E-state index contributed by atoms with van der Waals surface area (Å²) in [7, 11) is 1.90. The zero-order valence-corrected chi connectivity index (χ0v) is 9.43. The van der Waals surface area contributed by atoms with E-state index in [9.17, 15) is 9.90 Å². The molecule has 0 amide bonds. The van der Waals surface area contributed by atoms with Crippen molar-refractivity contribution in [2.24, 2.45) is 0 Å². The van der Waals surface area contributed by atoms with Crippen molar-refractivity contribution in [2.75, 3.05) is 11.9 Å². The van der Waals surface area contributed by atoms with Gasteiger partial charge in [0.05, 0.1) is 12.1 Å². The number of aliphatic hydroxyl groups is 1. The van der Waals surface area contributed by atoms with Crippen LogP contribution in [0.4, 0.5) is 5.88 Å². The van der Waals surface area contributed by atoms with Crippen molar-refractivity contribution in [1.82, 2.24) is 0 Å². The third-order valence-corrected chi connectivity index (χ3v) is 3.27. The Morgan fingerprint density at radius 2 is 2.19 bits per heavy atom. The van der Waals surface area contributed by atoms with E-state index < -0.39 is 0 Å². The van der Waals surface area contributed by atoms with Gasteiger partial charge in [-0.3, -0.25) is 4.79 Å². The highest BCUT2D eigenvalue weighted by atomic mass is 16.4. The Hall–Kier alpha value is -1.29. The van der Waals surface area contributed by atoms with Gasteiger partial charge in [0.2, 0.25) is 0 Å². The van der Waals surface area contributed by atoms with Crippen molar-refractivity contribution in [3.05, 3.63) is 17.9 Å². The van der Waals surface area contributed by atoms with Crippen LogP contribution >= 0.6 is 0 Å². The smallest absolute Gasteiger partial charge is 0.196 e. The number of likely N-dealkylation sites (N-methyl/N-ethyl adjacent to an activating group) is 1. The van der Waals surface area contributed by atoms with Crippen LogP contribution in [0, 0.1) is 0 Å². The molecular formula is C12H17NO3. The van der Waals surface area contributed by atoms with Gasteiger partial charge in [0.15, 0.2) is 17.9 Å². The van der Waals surface area contributed by atoms with Crippen LogP contribution in [0.15, 0.2) is 16.5 Å². The van der Waals surface area contributed by atoms with Gasteiger partial charge in [-0.25, -0.2) is 0 Å². The van der Waals surface area contributed by atoms with Crippen molar-refractivity contribution in [2.45, 2.75) is 37.8 Å². The molecule has 1 fully saturated rings. The molecule has 2 atom stereocenters. The van der Waals surface area contributed by atoms with Crippen LogP contribution < -0.4 is 4.90 Å². The van der Waals surface area contributed by atoms with E-state index in [4.69, 9.17) is 4.42 Å². The predicted octanol–water partition coefficient (Wildman–Crippen LogP) is 1.83. The van der Waals surface area contributed by atoms with Gasteiger partial charge in [0, 0.05) is 13.1 Å². The third-order valence-electron chi connectivity index (χ3n) is 3.27. The van der Waals surface area contributed by atoms with Gasteiger partial charge in [0.1, 0.15) is 0 Å². The lowest BCUT2D eigenvalue weighted by molar-refractivity contribution is 0.104. The summed E-state index contributed by atoms with van der Waals surface area (Å²) in [6, 6.07) is 3.51. The first-order valence-corrected chi connectivity index (χ1v) is 5.68. The first-order chi connectivity index (χ1) is 7.72. The lowest BCUT2D eigenvalue weighted by Gasteiger charge is -2.34. The zero-order chi connectivity index (χ0) is 11.5. The van der Waals surface area contributed by atoms with Crippen molar-refractivity contribution in [3.8, 4) is 0 Å². The molecule has 0 saturated heterocycles. The molecule has 4 nitrogen and oxygen atoms in total. The molecule has 2 rings (SSSR count).